The van der Waals surface area contributed by atoms with E-state index in [2.05, 4.69) is 10.6 Å². The maximum absolute atomic E-state index is 13.7. The number of amides is 2. The summed E-state index contributed by atoms with van der Waals surface area (Å²) in [6.45, 7) is 1.41. The number of hydrogen-bond donors (Lipinski definition) is 2. The number of halogens is 2. The molecule has 0 bridgehead atoms. The first-order valence-electron chi connectivity index (χ1n) is 12.3. The van der Waals surface area contributed by atoms with E-state index in [1.807, 2.05) is 60.7 Å². The Morgan fingerprint density at radius 3 is 2.29 bits per heavy atom. The van der Waals surface area contributed by atoms with E-state index in [1.54, 1.807) is 25.3 Å². The third-order valence-corrected chi connectivity index (χ3v) is 8.71. The van der Waals surface area contributed by atoms with Crippen molar-refractivity contribution < 1.29 is 14.3 Å². The molecule has 1 fully saturated rings. The average molecular weight is 566 g/mol. The molecule has 4 aromatic rings. The first-order chi connectivity index (χ1) is 18.4. The van der Waals surface area contributed by atoms with Gasteiger partial charge in [0.2, 0.25) is 5.91 Å². The second kappa shape index (κ2) is 11.3. The van der Waals surface area contributed by atoms with Crippen molar-refractivity contribution in [1.29, 1.82) is 0 Å². The summed E-state index contributed by atoms with van der Waals surface area (Å²) < 4.78 is 5.30. The molecule has 5 nitrogen and oxygen atoms in total. The molecule has 0 radical (unpaired) electrons. The number of carbonyl (C=O) groups excluding carboxylic acids is 2. The van der Waals surface area contributed by atoms with Gasteiger partial charge in [-0.05, 0) is 79.5 Å². The summed E-state index contributed by atoms with van der Waals surface area (Å²) in [5.41, 5.74) is 2.61. The summed E-state index contributed by atoms with van der Waals surface area (Å²) in [6, 6.07) is 24.4. The zero-order valence-electron chi connectivity index (χ0n) is 20.7. The zero-order chi connectivity index (χ0) is 26.7. The van der Waals surface area contributed by atoms with Crippen LogP contribution >= 0.6 is 34.5 Å². The third kappa shape index (κ3) is 5.22. The van der Waals surface area contributed by atoms with Crippen molar-refractivity contribution in [2.24, 2.45) is 0 Å². The average Bonchev–Trinajstić information content (AvgIpc) is 3.39. The van der Waals surface area contributed by atoms with Crippen LogP contribution in [0.1, 0.15) is 28.1 Å². The molecule has 2 N–H and O–H groups in total. The van der Waals surface area contributed by atoms with E-state index in [0.717, 1.165) is 32.9 Å². The Labute approximate surface area is 235 Å². The van der Waals surface area contributed by atoms with Crippen molar-refractivity contribution >= 4 is 46.4 Å². The highest BCUT2D eigenvalue weighted by Gasteiger charge is 2.42. The molecule has 5 rings (SSSR count). The number of thiophene rings is 1. The molecule has 8 heteroatoms. The molecule has 3 aromatic carbocycles. The lowest BCUT2D eigenvalue weighted by molar-refractivity contribution is -0.126. The van der Waals surface area contributed by atoms with E-state index in [0.29, 0.717) is 40.9 Å². The van der Waals surface area contributed by atoms with Gasteiger partial charge in [0.25, 0.3) is 5.91 Å². The van der Waals surface area contributed by atoms with Crippen molar-refractivity contribution in [1.82, 2.24) is 10.6 Å². The standard InChI is InChI=1S/C30H26Cl2N2O3S/c1-37-22-10-7-19(8-11-22)27-24(23-12-9-21(31)17-25(23)32)18-26(38-27)28(35)34-29(36)30(13-15-33-16-14-30)20-5-3-2-4-6-20/h2-12,17-18,33H,13-16H2,1H3,(H,34,35,36). The van der Waals surface area contributed by atoms with Crippen LogP contribution in [0.3, 0.4) is 0 Å². The third-order valence-electron chi connectivity index (χ3n) is 6.97. The van der Waals surface area contributed by atoms with E-state index in [-0.39, 0.29) is 5.91 Å². The van der Waals surface area contributed by atoms with E-state index in [9.17, 15) is 9.59 Å². The summed E-state index contributed by atoms with van der Waals surface area (Å²) in [5.74, 6) is 0.0220. The quantitative estimate of drug-likeness (QED) is 0.248. The highest BCUT2D eigenvalue weighted by atomic mass is 35.5. The number of hydrogen-bond acceptors (Lipinski definition) is 5. The van der Waals surface area contributed by atoms with Crippen molar-refractivity contribution in [3.8, 4) is 27.3 Å². The van der Waals surface area contributed by atoms with E-state index in [1.165, 1.54) is 11.3 Å². The van der Waals surface area contributed by atoms with Crippen molar-refractivity contribution in [2.75, 3.05) is 20.2 Å². The van der Waals surface area contributed by atoms with Gasteiger partial charge in [-0.2, -0.15) is 0 Å². The van der Waals surface area contributed by atoms with Gasteiger partial charge in [0.1, 0.15) is 5.75 Å². The van der Waals surface area contributed by atoms with Gasteiger partial charge in [0.15, 0.2) is 0 Å². The Hall–Kier alpha value is -3.16. The van der Waals surface area contributed by atoms with Gasteiger partial charge in [0, 0.05) is 26.0 Å². The van der Waals surface area contributed by atoms with Gasteiger partial charge < -0.3 is 10.1 Å². The minimum atomic E-state index is -0.763. The van der Waals surface area contributed by atoms with Gasteiger partial charge in [-0.3, -0.25) is 14.9 Å². The Morgan fingerprint density at radius 1 is 0.921 bits per heavy atom. The van der Waals surface area contributed by atoms with Crippen molar-refractivity contribution in [3.05, 3.63) is 99.3 Å². The molecule has 38 heavy (non-hydrogen) atoms. The summed E-state index contributed by atoms with van der Waals surface area (Å²) in [7, 11) is 1.61. The molecule has 2 heterocycles. The molecule has 0 saturated carbocycles. The highest BCUT2D eigenvalue weighted by molar-refractivity contribution is 7.18. The first-order valence-corrected chi connectivity index (χ1v) is 13.8. The second-order valence-electron chi connectivity index (χ2n) is 9.19. The Balaban J connectivity index is 1.51. The van der Waals surface area contributed by atoms with Crippen molar-refractivity contribution in [3.63, 3.8) is 0 Å². The van der Waals surface area contributed by atoms with Crippen LogP contribution in [0.25, 0.3) is 21.6 Å². The smallest absolute Gasteiger partial charge is 0.267 e. The number of imide groups is 1. The summed E-state index contributed by atoms with van der Waals surface area (Å²) in [5, 5.41) is 7.04. The number of nitrogens with one attached hydrogen (secondary N) is 2. The lowest BCUT2D eigenvalue weighted by Crippen LogP contribution is -2.52. The molecular formula is C30H26Cl2N2O3S. The molecule has 0 atom stereocenters. The Kier molecular flexibility index (Phi) is 7.86. The molecule has 0 spiro atoms. The second-order valence-corrected chi connectivity index (χ2v) is 11.1. The number of benzene rings is 3. The van der Waals surface area contributed by atoms with Gasteiger partial charge in [-0.25, -0.2) is 0 Å². The fourth-order valence-corrected chi connectivity index (χ4v) is 6.49. The lowest BCUT2D eigenvalue weighted by atomic mass is 9.72. The van der Waals surface area contributed by atoms with Crippen LogP contribution in [0.15, 0.2) is 78.9 Å². The van der Waals surface area contributed by atoms with Crippen molar-refractivity contribution in [2.45, 2.75) is 18.3 Å². The number of piperidine rings is 1. The summed E-state index contributed by atoms with van der Waals surface area (Å²) >= 11 is 14.0. The lowest BCUT2D eigenvalue weighted by Gasteiger charge is -2.36. The van der Waals surface area contributed by atoms with Crippen LogP contribution in [0.2, 0.25) is 10.0 Å². The Morgan fingerprint density at radius 2 is 1.63 bits per heavy atom. The molecule has 2 amide bonds. The fourth-order valence-electron chi connectivity index (χ4n) is 4.91. The fraction of sp³-hybridized carbons (Fsp3) is 0.200. The van der Waals surface area contributed by atoms with E-state index in [4.69, 9.17) is 27.9 Å². The van der Waals surface area contributed by atoms with Gasteiger partial charge >= 0.3 is 0 Å². The predicted octanol–water partition coefficient (Wildman–Crippen LogP) is 6.98. The SMILES string of the molecule is COc1ccc(-c2sc(C(=O)NC(=O)C3(c4ccccc4)CCNCC3)cc2-c2ccc(Cl)cc2Cl)cc1. The van der Waals surface area contributed by atoms with Gasteiger partial charge in [-0.15, -0.1) is 11.3 Å². The van der Waals surface area contributed by atoms with Crippen LogP contribution in [0, 0.1) is 0 Å². The number of ether oxygens (including phenoxy) is 1. The number of carbonyl (C=O) groups is 2. The molecule has 0 aliphatic carbocycles. The number of methoxy groups -OCH3 is 1. The molecule has 1 saturated heterocycles. The summed E-state index contributed by atoms with van der Waals surface area (Å²) in [6.07, 6.45) is 1.23. The highest BCUT2D eigenvalue weighted by Crippen LogP contribution is 2.43. The number of rotatable bonds is 6. The molecular weight excluding hydrogens is 539 g/mol. The normalized spacial score (nSPS) is 14.6. The van der Waals surface area contributed by atoms with Crippen LogP contribution in [-0.4, -0.2) is 32.0 Å². The maximum Gasteiger partial charge on any atom is 0.267 e. The molecule has 194 valence electrons. The maximum atomic E-state index is 13.7. The zero-order valence-corrected chi connectivity index (χ0v) is 23.1. The predicted molar refractivity (Wildman–Crippen MR) is 154 cm³/mol. The Bertz CT molecular complexity index is 1460. The van der Waals surface area contributed by atoms with E-state index >= 15 is 0 Å². The molecule has 1 aromatic heterocycles. The minimum Gasteiger partial charge on any atom is -0.497 e. The van der Waals surface area contributed by atoms with Crippen LogP contribution in [-0.2, 0) is 10.2 Å². The van der Waals surface area contributed by atoms with Gasteiger partial charge in [-0.1, -0.05) is 59.6 Å². The molecule has 1 aliphatic heterocycles. The van der Waals surface area contributed by atoms with E-state index < -0.39 is 11.3 Å². The molecule has 1 aliphatic rings. The minimum absolute atomic E-state index is 0.277. The largest absolute Gasteiger partial charge is 0.497 e. The monoisotopic (exact) mass is 564 g/mol. The molecule has 0 unspecified atom stereocenters. The van der Waals surface area contributed by atoms with Gasteiger partial charge in [0.05, 0.1) is 17.4 Å². The van der Waals surface area contributed by atoms with Crippen LogP contribution in [0.4, 0.5) is 0 Å². The van der Waals surface area contributed by atoms with Crippen LogP contribution < -0.4 is 15.4 Å². The first kappa shape index (κ1) is 26.4. The summed E-state index contributed by atoms with van der Waals surface area (Å²) in [4.78, 5) is 28.5. The topological polar surface area (TPSA) is 67.4 Å². The van der Waals surface area contributed by atoms with Crippen LogP contribution in [0.5, 0.6) is 5.75 Å².